The molecular weight excluding hydrogens is 571 g/mol. The number of carbonyl (C=O) groups excluding carboxylic acids is 2. The van der Waals surface area contributed by atoms with Gasteiger partial charge < -0.3 is 15.0 Å². The number of piperidine rings is 1. The molecule has 2 aliphatic heterocycles. The maximum absolute atomic E-state index is 14.1. The summed E-state index contributed by atoms with van der Waals surface area (Å²) in [5.41, 5.74) is -0.784. The predicted octanol–water partition coefficient (Wildman–Crippen LogP) is 6.57. The molecule has 0 bridgehead atoms. The maximum atomic E-state index is 14.1. The molecule has 1 saturated carbocycles. The molecule has 3 fully saturated rings. The second kappa shape index (κ2) is 13.0. The van der Waals surface area contributed by atoms with E-state index in [1.54, 1.807) is 18.2 Å². The van der Waals surface area contributed by atoms with Crippen molar-refractivity contribution in [3.8, 4) is 0 Å². The molecule has 4 rings (SSSR count). The number of rotatable bonds is 8. The van der Waals surface area contributed by atoms with Gasteiger partial charge in [0.25, 0.3) is 0 Å². The van der Waals surface area contributed by atoms with E-state index in [0.717, 1.165) is 38.0 Å². The van der Waals surface area contributed by atoms with Crippen molar-refractivity contribution in [2.75, 3.05) is 32.7 Å². The predicted molar refractivity (Wildman–Crippen MR) is 158 cm³/mol. The van der Waals surface area contributed by atoms with E-state index in [1.165, 1.54) is 0 Å². The number of hydrogen-bond donors (Lipinski definition) is 1. The summed E-state index contributed by atoms with van der Waals surface area (Å²) in [7, 11) is 0. The molecule has 230 valence electrons. The van der Waals surface area contributed by atoms with Crippen LogP contribution < -0.4 is 5.32 Å². The first-order chi connectivity index (χ1) is 19.2. The van der Waals surface area contributed by atoms with E-state index in [2.05, 4.69) is 15.1 Å². The van der Waals surface area contributed by atoms with E-state index in [0.29, 0.717) is 48.4 Å². The number of benzene rings is 1. The van der Waals surface area contributed by atoms with Gasteiger partial charge in [-0.2, -0.15) is 0 Å². The van der Waals surface area contributed by atoms with E-state index in [-0.39, 0.29) is 43.1 Å². The lowest BCUT2D eigenvalue weighted by molar-refractivity contribution is -0.161. The third kappa shape index (κ3) is 8.55. The lowest BCUT2D eigenvalue weighted by Gasteiger charge is -2.38. The Morgan fingerprint density at radius 3 is 2.24 bits per heavy atom. The summed E-state index contributed by atoms with van der Waals surface area (Å²) in [6.07, 6.45) is 2.71. The smallest absolute Gasteiger partial charge is 0.307 e. The molecule has 6 nitrogen and oxygen atoms in total. The van der Waals surface area contributed by atoms with E-state index in [1.807, 2.05) is 27.7 Å². The largest absolute Gasteiger partial charge is 0.460 e. The fourth-order valence-electron chi connectivity index (χ4n) is 6.69. The van der Waals surface area contributed by atoms with Crippen molar-refractivity contribution in [3.05, 3.63) is 33.8 Å². The van der Waals surface area contributed by atoms with Gasteiger partial charge in [0.1, 0.15) is 5.60 Å². The Kier molecular flexibility index (Phi) is 10.3. The molecule has 1 aromatic carbocycles. The Hall–Kier alpha value is -1.48. The highest BCUT2D eigenvalue weighted by Gasteiger charge is 2.52. The van der Waals surface area contributed by atoms with Crippen molar-refractivity contribution >= 4 is 35.1 Å². The zero-order valence-corrected chi connectivity index (χ0v) is 26.3. The fraction of sp³-hybridized carbons (Fsp3) is 0.742. The number of nitrogens with zero attached hydrogens (tertiary/aromatic N) is 2. The molecule has 2 heterocycles. The Morgan fingerprint density at radius 2 is 1.66 bits per heavy atom. The molecule has 2 atom stereocenters. The van der Waals surface area contributed by atoms with Gasteiger partial charge in [-0.3, -0.25) is 14.5 Å². The molecule has 1 aliphatic carbocycles. The van der Waals surface area contributed by atoms with Gasteiger partial charge in [-0.25, -0.2) is 8.78 Å². The standard InChI is InChI=1S/C31H45Cl2F2N3O3/c1-21-17-38(19-24-25(32)6-5-7-26(24)33)20-30(21,16-27(39)41-29(2,3)4)28(40)36-23-10-14-37(15-11-23)18-22-8-12-31(34,35)13-9-22/h5-7,21-23H,8-20H2,1-4H3,(H,36,40)/t21-,30+/m0/s1. The average Bonchev–Trinajstić information content (AvgIpc) is 3.18. The molecule has 41 heavy (non-hydrogen) atoms. The summed E-state index contributed by atoms with van der Waals surface area (Å²) in [6, 6.07) is 5.42. The Morgan fingerprint density at radius 1 is 1.05 bits per heavy atom. The lowest BCUT2D eigenvalue weighted by Crippen LogP contribution is -2.53. The number of ether oxygens (including phenoxy) is 1. The van der Waals surface area contributed by atoms with Crippen LogP contribution in [0.1, 0.15) is 78.2 Å². The van der Waals surface area contributed by atoms with Crippen LogP contribution in [0.2, 0.25) is 10.0 Å². The highest BCUT2D eigenvalue weighted by molar-refractivity contribution is 6.35. The van der Waals surface area contributed by atoms with Gasteiger partial charge in [-0.1, -0.05) is 36.2 Å². The van der Waals surface area contributed by atoms with Gasteiger partial charge in [0.15, 0.2) is 0 Å². The summed E-state index contributed by atoms with van der Waals surface area (Å²) in [5.74, 6) is -2.78. The van der Waals surface area contributed by atoms with Crippen LogP contribution >= 0.6 is 23.2 Å². The number of nitrogens with one attached hydrogen (secondary N) is 1. The molecule has 1 amide bonds. The summed E-state index contributed by atoms with van der Waals surface area (Å²) in [4.78, 5) is 31.6. The van der Waals surface area contributed by atoms with Crippen molar-refractivity contribution in [1.29, 1.82) is 0 Å². The number of hydrogen-bond acceptors (Lipinski definition) is 5. The van der Waals surface area contributed by atoms with E-state index < -0.39 is 16.9 Å². The van der Waals surface area contributed by atoms with Gasteiger partial charge in [0.2, 0.25) is 11.8 Å². The molecule has 10 heteroatoms. The third-order valence-corrected chi connectivity index (χ3v) is 9.74. The minimum Gasteiger partial charge on any atom is -0.460 e. The number of carbonyl (C=O) groups is 2. The van der Waals surface area contributed by atoms with Crippen molar-refractivity contribution in [2.45, 2.75) is 96.8 Å². The van der Waals surface area contributed by atoms with E-state index in [9.17, 15) is 18.4 Å². The number of amides is 1. The Labute approximate surface area is 253 Å². The highest BCUT2D eigenvalue weighted by atomic mass is 35.5. The zero-order valence-electron chi connectivity index (χ0n) is 24.8. The van der Waals surface area contributed by atoms with Crippen molar-refractivity contribution in [1.82, 2.24) is 15.1 Å². The van der Waals surface area contributed by atoms with Crippen molar-refractivity contribution in [3.63, 3.8) is 0 Å². The Balaban J connectivity index is 1.40. The first kappa shape index (κ1) is 32.4. The van der Waals surface area contributed by atoms with Crippen LogP contribution in [-0.2, 0) is 20.9 Å². The van der Waals surface area contributed by atoms with Crippen LogP contribution in [0.25, 0.3) is 0 Å². The molecular formula is C31H45Cl2F2N3O3. The number of alkyl halides is 2. The molecule has 3 aliphatic rings. The lowest BCUT2D eigenvalue weighted by atomic mass is 9.75. The summed E-state index contributed by atoms with van der Waals surface area (Å²) < 4.78 is 32.8. The molecule has 1 aromatic rings. The van der Waals surface area contributed by atoms with Gasteiger partial charge in [-0.15, -0.1) is 0 Å². The van der Waals surface area contributed by atoms with Gasteiger partial charge in [0.05, 0.1) is 11.8 Å². The summed E-state index contributed by atoms with van der Waals surface area (Å²) >= 11 is 12.9. The van der Waals surface area contributed by atoms with Crippen LogP contribution in [0.4, 0.5) is 8.78 Å². The van der Waals surface area contributed by atoms with E-state index >= 15 is 0 Å². The minimum absolute atomic E-state index is 0.00390. The van der Waals surface area contributed by atoms with Gasteiger partial charge >= 0.3 is 5.97 Å². The monoisotopic (exact) mass is 615 g/mol. The molecule has 1 N–H and O–H groups in total. The Bertz CT molecular complexity index is 1060. The number of halogens is 4. The number of likely N-dealkylation sites (tertiary alicyclic amines) is 2. The van der Waals surface area contributed by atoms with Crippen LogP contribution in [0.15, 0.2) is 18.2 Å². The first-order valence-corrected chi connectivity index (χ1v) is 15.7. The zero-order chi connectivity index (χ0) is 30.0. The fourth-order valence-corrected chi connectivity index (χ4v) is 7.20. The molecule has 0 radical (unpaired) electrons. The molecule has 0 aromatic heterocycles. The molecule has 0 spiro atoms. The third-order valence-electron chi connectivity index (χ3n) is 9.03. The van der Waals surface area contributed by atoms with Crippen molar-refractivity contribution < 1.29 is 23.1 Å². The van der Waals surface area contributed by atoms with Crippen molar-refractivity contribution in [2.24, 2.45) is 17.3 Å². The normalized spacial score (nSPS) is 26.7. The minimum atomic E-state index is -2.50. The van der Waals surface area contributed by atoms with Gasteiger partial charge in [0, 0.05) is 73.8 Å². The molecule has 0 unspecified atom stereocenters. The van der Waals surface area contributed by atoms with Crippen LogP contribution in [0.3, 0.4) is 0 Å². The average molecular weight is 617 g/mol. The topological polar surface area (TPSA) is 61.9 Å². The van der Waals surface area contributed by atoms with Crippen LogP contribution in [0.5, 0.6) is 0 Å². The van der Waals surface area contributed by atoms with Gasteiger partial charge in [-0.05, 0) is 70.4 Å². The van der Waals surface area contributed by atoms with Crippen LogP contribution in [-0.4, -0.2) is 72.0 Å². The number of esters is 1. The SMILES string of the molecule is C[C@H]1CN(Cc2c(Cl)cccc2Cl)C[C@@]1(CC(=O)OC(C)(C)C)C(=O)NC1CCN(CC2CCC(F)(F)CC2)CC1. The second-order valence-corrected chi connectivity index (χ2v) is 14.4. The summed E-state index contributed by atoms with van der Waals surface area (Å²) in [5, 5.41) is 4.44. The maximum Gasteiger partial charge on any atom is 0.307 e. The highest BCUT2D eigenvalue weighted by Crippen LogP contribution is 2.42. The summed E-state index contributed by atoms with van der Waals surface area (Å²) in [6.45, 7) is 11.5. The van der Waals surface area contributed by atoms with Crippen LogP contribution in [0, 0.1) is 17.3 Å². The molecule has 2 saturated heterocycles. The second-order valence-electron chi connectivity index (χ2n) is 13.5. The van der Waals surface area contributed by atoms with E-state index in [4.69, 9.17) is 27.9 Å². The quantitative estimate of drug-likeness (QED) is 0.335. The first-order valence-electron chi connectivity index (χ1n) is 14.9.